The fourth-order valence-electron chi connectivity index (χ4n) is 4.43. The van der Waals surface area contributed by atoms with Crippen LogP contribution in [0.5, 0.6) is 0 Å². The standard InChI is InChI=1S/C20H22BrN/c1-20-11-10-17-16(8-5-9-19(17)21)18(20)13-22(14-20)12-15-6-3-2-4-7-15/h2-9,18H,10-14H2,1H3/t18-,20+/m1/s1. The monoisotopic (exact) mass is 355 g/mol. The summed E-state index contributed by atoms with van der Waals surface area (Å²) in [5, 5.41) is 0. The average Bonchev–Trinajstić information content (AvgIpc) is 2.85. The highest BCUT2D eigenvalue weighted by molar-refractivity contribution is 9.10. The highest BCUT2D eigenvalue weighted by Crippen LogP contribution is 2.51. The summed E-state index contributed by atoms with van der Waals surface area (Å²) < 4.78 is 1.30. The summed E-state index contributed by atoms with van der Waals surface area (Å²) in [5.74, 6) is 0.678. The average molecular weight is 356 g/mol. The van der Waals surface area contributed by atoms with Crippen molar-refractivity contribution in [3.8, 4) is 0 Å². The van der Waals surface area contributed by atoms with Crippen LogP contribution in [-0.4, -0.2) is 18.0 Å². The van der Waals surface area contributed by atoms with Crippen molar-refractivity contribution in [3.63, 3.8) is 0 Å². The van der Waals surface area contributed by atoms with Crippen molar-refractivity contribution >= 4 is 15.9 Å². The highest BCUT2D eigenvalue weighted by atomic mass is 79.9. The molecule has 0 aromatic heterocycles. The Morgan fingerprint density at radius 2 is 1.95 bits per heavy atom. The minimum atomic E-state index is 0.433. The van der Waals surface area contributed by atoms with Gasteiger partial charge >= 0.3 is 0 Å². The molecule has 1 aliphatic heterocycles. The smallest absolute Gasteiger partial charge is 0.0234 e. The molecule has 0 saturated carbocycles. The molecule has 2 aromatic carbocycles. The summed E-state index contributed by atoms with van der Waals surface area (Å²) >= 11 is 3.75. The first-order valence-electron chi connectivity index (χ1n) is 8.19. The van der Waals surface area contributed by atoms with Crippen LogP contribution >= 0.6 is 15.9 Å². The molecule has 2 aliphatic rings. The minimum absolute atomic E-state index is 0.433. The van der Waals surface area contributed by atoms with Gasteiger partial charge in [0, 0.05) is 30.0 Å². The van der Waals surface area contributed by atoms with E-state index in [4.69, 9.17) is 0 Å². The van der Waals surface area contributed by atoms with Gasteiger partial charge in [0.25, 0.3) is 0 Å². The van der Waals surface area contributed by atoms with Gasteiger partial charge < -0.3 is 0 Å². The Labute approximate surface area is 141 Å². The molecule has 2 atom stereocenters. The number of nitrogens with zero attached hydrogens (tertiary/aromatic N) is 1. The van der Waals surface area contributed by atoms with Gasteiger partial charge in [-0.15, -0.1) is 0 Å². The van der Waals surface area contributed by atoms with Gasteiger partial charge in [-0.2, -0.15) is 0 Å². The fourth-order valence-corrected chi connectivity index (χ4v) is 5.01. The highest BCUT2D eigenvalue weighted by Gasteiger charge is 2.46. The van der Waals surface area contributed by atoms with Crippen molar-refractivity contribution in [2.24, 2.45) is 5.41 Å². The third-order valence-corrected chi connectivity index (χ3v) is 6.34. The number of hydrogen-bond donors (Lipinski definition) is 0. The lowest BCUT2D eigenvalue weighted by atomic mass is 9.67. The predicted octanol–water partition coefficient (Wildman–Crippen LogP) is 5.00. The summed E-state index contributed by atoms with van der Waals surface area (Å²) in [7, 11) is 0. The Hall–Kier alpha value is -1.12. The quantitative estimate of drug-likeness (QED) is 0.732. The lowest BCUT2D eigenvalue weighted by Crippen LogP contribution is -2.30. The van der Waals surface area contributed by atoms with E-state index >= 15 is 0 Å². The summed E-state index contributed by atoms with van der Waals surface area (Å²) in [6.07, 6.45) is 2.52. The van der Waals surface area contributed by atoms with E-state index in [0.29, 0.717) is 11.3 Å². The topological polar surface area (TPSA) is 3.24 Å². The van der Waals surface area contributed by atoms with Crippen molar-refractivity contribution in [2.45, 2.75) is 32.2 Å². The molecular formula is C20H22BrN. The second kappa shape index (κ2) is 5.50. The molecule has 1 nitrogen and oxygen atoms in total. The van der Waals surface area contributed by atoms with E-state index < -0.39 is 0 Å². The van der Waals surface area contributed by atoms with Gasteiger partial charge in [0.2, 0.25) is 0 Å². The number of likely N-dealkylation sites (tertiary alicyclic amines) is 1. The van der Waals surface area contributed by atoms with E-state index in [1.54, 1.807) is 11.1 Å². The normalized spacial score (nSPS) is 27.5. The molecule has 1 heterocycles. The second-order valence-corrected chi connectivity index (χ2v) is 8.02. The molecule has 114 valence electrons. The summed E-state index contributed by atoms with van der Waals surface area (Å²) in [4.78, 5) is 2.65. The van der Waals surface area contributed by atoms with Crippen LogP contribution in [-0.2, 0) is 13.0 Å². The van der Waals surface area contributed by atoms with Crippen molar-refractivity contribution in [3.05, 3.63) is 69.7 Å². The first kappa shape index (κ1) is 14.5. The molecular weight excluding hydrogens is 334 g/mol. The van der Waals surface area contributed by atoms with Gasteiger partial charge in [-0.3, -0.25) is 4.90 Å². The fraction of sp³-hybridized carbons (Fsp3) is 0.400. The Kier molecular flexibility index (Phi) is 3.62. The SMILES string of the molecule is C[C@@]12CCc3c(Br)cccc3[C@H]1CN(Cc1ccccc1)C2. The Balaban J connectivity index is 1.61. The lowest BCUT2D eigenvalue weighted by molar-refractivity contribution is 0.240. The number of rotatable bonds is 2. The van der Waals surface area contributed by atoms with Crippen LogP contribution in [0.2, 0.25) is 0 Å². The molecule has 1 fully saturated rings. The van der Waals surface area contributed by atoms with Gasteiger partial charge in [-0.05, 0) is 41.0 Å². The molecule has 2 heteroatoms. The Bertz CT molecular complexity index is 681. The van der Waals surface area contributed by atoms with E-state index in [-0.39, 0.29) is 0 Å². The summed E-state index contributed by atoms with van der Waals surface area (Å²) in [6, 6.07) is 17.6. The van der Waals surface area contributed by atoms with E-state index in [1.165, 1.54) is 36.0 Å². The minimum Gasteiger partial charge on any atom is -0.298 e. The predicted molar refractivity (Wildman–Crippen MR) is 95.0 cm³/mol. The number of benzene rings is 2. The first-order chi connectivity index (χ1) is 10.7. The molecule has 0 amide bonds. The molecule has 2 aromatic rings. The van der Waals surface area contributed by atoms with Crippen LogP contribution in [0, 0.1) is 5.41 Å². The maximum absolute atomic E-state index is 3.75. The van der Waals surface area contributed by atoms with Gasteiger partial charge in [-0.25, -0.2) is 0 Å². The Morgan fingerprint density at radius 3 is 2.77 bits per heavy atom. The van der Waals surface area contributed by atoms with Crippen molar-refractivity contribution in [1.82, 2.24) is 4.90 Å². The molecule has 0 radical (unpaired) electrons. The summed E-state index contributed by atoms with van der Waals surface area (Å²) in [6.45, 7) is 5.98. The zero-order chi connectivity index (χ0) is 15.2. The first-order valence-corrected chi connectivity index (χ1v) is 8.99. The molecule has 4 rings (SSSR count). The van der Waals surface area contributed by atoms with Crippen molar-refractivity contribution < 1.29 is 0 Å². The van der Waals surface area contributed by atoms with Crippen LogP contribution in [0.3, 0.4) is 0 Å². The zero-order valence-corrected chi connectivity index (χ0v) is 14.6. The molecule has 0 N–H and O–H groups in total. The molecule has 0 spiro atoms. The van der Waals surface area contributed by atoms with E-state index in [9.17, 15) is 0 Å². The van der Waals surface area contributed by atoms with E-state index in [1.807, 2.05) is 0 Å². The maximum atomic E-state index is 3.75. The molecule has 0 unspecified atom stereocenters. The second-order valence-electron chi connectivity index (χ2n) is 7.17. The zero-order valence-electron chi connectivity index (χ0n) is 13.1. The molecule has 1 aliphatic carbocycles. The largest absolute Gasteiger partial charge is 0.298 e. The van der Waals surface area contributed by atoms with Gasteiger partial charge in [0.05, 0.1) is 0 Å². The van der Waals surface area contributed by atoms with Crippen molar-refractivity contribution in [1.29, 1.82) is 0 Å². The van der Waals surface area contributed by atoms with Gasteiger partial charge in [0.15, 0.2) is 0 Å². The third kappa shape index (κ3) is 2.43. The van der Waals surface area contributed by atoms with E-state index in [2.05, 4.69) is 76.3 Å². The number of fused-ring (bicyclic) bond motifs is 3. The third-order valence-electron chi connectivity index (χ3n) is 5.59. The van der Waals surface area contributed by atoms with Gasteiger partial charge in [-0.1, -0.05) is 65.3 Å². The number of hydrogen-bond acceptors (Lipinski definition) is 1. The lowest BCUT2D eigenvalue weighted by Gasteiger charge is -2.37. The summed E-state index contributed by atoms with van der Waals surface area (Å²) in [5.41, 5.74) is 4.99. The molecule has 1 saturated heterocycles. The van der Waals surface area contributed by atoms with Crippen LogP contribution in [0.15, 0.2) is 53.0 Å². The van der Waals surface area contributed by atoms with Crippen LogP contribution in [0.1, 0.15) is 36.0 Å². The van der Waals surface area contributed by atoms with Crippen LogP contribution in [0.25, 0.3) is 0 Å². The van der Waals surface area contributed by atoms with Gasteiger partial charge in [0.1, 0.15) is 0 Å². The van der Waals surface area contributed by atoms with Crippen LogP contribution < -0.4 is 0 Å². The number of halogens is 1. The molecule has 22 heavy (non-hydrogen) atoms. The molecule has 0 bridgehead atoms. The van der Waals surface area contributed by atoms with E-state index in [0.717, 1.165) is 6.54 Å². The van der Waals surface area contributed by atoms with Crippen LogP contribution in [0.4, 0.5) is 0 Å². The van der Waals surface area contributed by atoms with Crippen molar-refractivity contribution in [2.75, 3.05) is 13.1 Å². The maximum Gasteiger partial charge on any atom is 0.0234 e. The Morgan fingerprint density at radius 1 is 1.14 bits per heavy atom.